The molecule has 8 heteroatoms. The molecule has 0 radical (unpaired) electrons. The third kappa shape index (κ3) is 6.95. The first-order valence-corrected chi connectivity index (χ1v) is 15.0. The predicted molar refractivity (Wildman–Crippen MR) is 166 cm³/mol. The maximum Gasteiger partial charge on any atom is 0.253 e. The number of rotatable bonds is 9. The average molecular weight is 572 g/mol. The largest absolute Gasteiger partial charge is 0.367 e. The zero-order valence-corrected chi connectivity index (χ0v) is 24.5. The van der Waals surface area contributed by atoms with E-state index in [9.17, 15) is 4.79 Å². The van der Waals surface area contributed by atoms with E-state index in [-0.39, 0.29) is 5.91 Å². The lowest BCUT2D eigenvalue weighted by molar-refractivity contribution is 0.0785. The molecular weight excluding hydrogens is 538 g/mol. The van der Waals surface area contributed by atoms with Crippen molar-refractivity contribution in [3.63, 3.8) is 0 Å². The summed E-state index contributed by atoms with van der Waals surface area (Å²) in [5.74, 6) is 1.67. The molecular formula is C32H34ClN5OS. The lowest BCUT2D eigenvalue weighted by Crippen LogP contribution is -2.47. The van der Waals surface area contributed by atoms with Crippen LogP contribution >= 0.6 is 23.4 Å². The van der Waals surface area contributed by atoms with E-state index in [0.717, 1.165) is 71.1 Å². The minimum absolute atomic E-state index is 0.0122. The van der Waals surface area contributed by atoms with Gasteiger partial charge in [0, 0.05) is 62.8 Å². The third-order valence-corrected chi connectivity index (χ3v) is 8.29. The summed E-state index contributed by atoms with van der Waals surface area (Å²) in [7, 11) is 1.84. The summed E-state index contributed by atoms with van der Waals surface area (Å²) in [4.78, 5) is 29.2. The lowest BCUT2D eigenvalue weighted by Gasteiger charge is -2.37. The molecule has 3 aromatic carbocycles. The SMILES string of the molecule is CCc1cc(N2CCN(c3ccccc3Cl)CC2)nc(SCc2cccc(C(=O)N(C)Cc3ccccc3)c2)n1. The van der Waals surface area contributed by atoms with Gasteiger partial charge >= 0.3 is 0 Å². The van der Waals surface area contributed by atoms with Crippen molar-refractivity contribution < 1.29 is 4.79 Å². The van der Waals surface area contributed by atoms with Crippen LogP contribution in [0.2, 0.25) is 5.02 Å². The molecule has 1 aromatic heterocycles. The van der Waals surface area contributed by atoms with Crippen molar-refractivity contribution in [2.45, 2.75) is 30.8 Å². The van der Waals surface area contributed by atoms with E-state index in [1.54, 1.807) is 16.7 Å². The fraction of sp³-hybridized carbons (Fsp3) is 0.281. The molecule has 40 heavy (non-hydrogen) atoms. The first kappa shape index (κ1) is 28.0. The maximum absolute atomic E-state index is 13.1. The van der Waals surface area contributed by atoms with Crippen LogP contribution in [0.15, 0.2) is 90.1 Å². The van der Waals surface area contributed by atoms with Gasteiger partial charge in [0.25, 0.3) is 5.91 Å². The Morgan fingerprint density at radius 2 is 1.57 bits per heavy atom. The number of aryl methyl sites for hydroxylation is 1. The van der Waals surface area contributed by atoms with Crippen molar-refractivity contribution in [2.24, 2.45) is 0 Å². The molecule has 1 aliphatic rings. The smallest absolute Gasteiger partial charge is 0.253 e. The van der Waals surface area contributed by atoms with Gasteiger partial charge in [0.05, 0.1) is 10.7 Å². The van der Waals surface area contributed by atoms with Gasteiger partial charge in [-0.2, -0.15) is 0 Å². The van der Waals surface area contributed by atoms with Crippen LogP contribution < -0.4 is 9.80 Å². The van der Waals surface area contributed by atoms with Crippen molar-refractivity contribution in [3.8, 4) is 0 Å². The molecule has 0 bridgehead atoms. The normalized spacial score (nSPS) is 13.4. The number of aromatic nitrogens is 2. The van der Waals surface area contributed by atoms with Gasteiger partial charge in [-0.3, -0.25) is 4.79 Å². The summed E-state index contributed by atoms with van der Waals surface area (Å²) in [6.45, 7) is 6.21. The first-order valence-electron chi connectivity index (χ1n) is 13.6. The van der Waals surface area contributed by atoms with Crippen molar-refractivity contribution in [1.29, 1.82) is 0 Å². The molecule has 4 aromatic rings. The third-order valence-electron chi connectivity index (χ3n) is 7.06. The summed E-state index contributed by atoms with van der Waals surface area (Å²) in [6.07, 6.45) is 0.848. The van der Waals surface area contributed by atoms with Crippen LogP contribution in [-0.4, -0.2) is 54.0 Å². The fourth-order valence-corrected chi connectivity index (χ4v) is 5.91. The number of benzene rings is 3. The van der Waals surface area contributed by atoms with Crippen LogP contribution in [0.25, 0.3) is 0 Å². The second-order valence-corrected chi connectivity index (χ2v) is 11.3. The predicted octanol–water partition coefficient (Wildman–Crippen LogP) is 6.58. The number of halogens is 1. The number of anilines is 2. The number of thioether (sulfide) groups is 1. The Bertz CT molecular complexity index is 1440. The molecule has 2 heterocycles. The molecule has 206 valence electrons. The summed E-state index contributed by atoms with van der Waals surface area (Å²) in [6, 6.07) is 28.0. The van der Waals surface area contributed by atoms with E-state index in [1.807, 2.05) is 73.8 Å². The summed E-state index contributed by atoms with van der Waals surface area (Å²) >= 11 is 8.04. The molecule has 0 aliphatic carbocycles. The molecule has 0 unspecified atom stereocenters. The number of piperazine rings is 1. The van der Waals surface area contributed by atoms with Crippen molar-refractivity contribution in [3.05, 3.63) is 112 Å². The van der Waals surface area contributed by atoms with Crippen molar-refractivity contribution in [1.82, 2.24) is 14.9 Å². The van der Waals surface area contributed by atoms with E-state index >= 15 is 0 Å². The summed E-state index contributed by atoms with van der Waals surface area (Å²) in [5, 5.41) is 1.55. The topological polar surface area (TPSA) is 52.6 Å². The number of carbonyl (C=O) groups excluding carboxylic acids is 1. The zero-order valence-electron chi connectivity index (χ0n) is 23.0. The minimum atomic E-state index is 0.0122. The summed E-state index contributed by atoms with van der Waals surface area (Å²) in [5.41, 5.74) is 5.00. The Balaban J connectivity index is 1.23. The number of para-hydroxylation sites is 1. The Hall–Kier alpha value is -3.55. The van der Waals surface area contributed by atoms with Crippen molar-refractivity contribution >= 4 is 40.8 Å². The molecule has 0 atom stereocenters. The van der Waals surface area contributed by atoms with Crippen LogP contribution in [-0.2, 0) is 18.7 Å². The molecule has 1 fully saturated rings. The molecule has 1 saturated heterocycles. The molecule has 0 spiro atoms. The van der Waals surface area contributed by atoms with Crippen LogP contribution in [0.1, 0.15) is 34.1 Å². The highest BCUT2D eigenvalue weighted by Crippen LogP contribution is 2.28. The van der Waals surface area contributed by atoms with Gasteiger partial charge in [-0.15, -0.1) is 0 Å². The fourth-order valence-electron chi connectivity index (χ4n) is 4.84. The standard InChI is InChI=1S/C32H34ClN5OS/c1-3-27-21-30(38-18-16-37(17-19-38)29-15-8-7-14-28(29)33)35-32(34-27)40-23-25-12-9-13-26(20-25)31(39)36(2)22-24-10-5-4-6-11-24/h4-15,20-21H,3,16-19,22-23H2,1-2H3. The Morgan fingerprint density at radius 1 is 0.875 bits per heavy atom. The minimum Gasteiger partial charge on any atom is -0.367 e. The second-order valence-electron chi connectivity index (χ2n) is 9.91. The number of carbonyl (C=O) groups is 1. The van der Waals surface area contributed by atoms with Crippen LogP contribution in [0.4, 0.5) is 11.5 Å². The van der Waals surface area contributed by atoms with E-state index in [1.165, 1.54) is 0 Å². The van der Waals surface area contributed by atoms with Gasteiger partial charge in [-0.25, -0.2) is 9.97 Å². The zero-order chi connectivity index (χ0) is 27.9. The van der Waals surface area contributed by atoms with Gasteiger partial charge < -0.3 is 14.7 Å². The van der Waals surface area contributed by atoms with E-state index in [2.05, 4.69) is 34.9 Å². The van der Waals surface area contributed by atoms with Gasteiger partial charge in [0.2, 0.25) is 0 Å². The molecule has 1 amide bonds. The quantitative estimate of drug-likeness (QED) is 0.167. The molecule has 6 nitrogen and oxygen atoms in total. The highest BCUT2D eigenvalue weighted by atomic mass is 35.5. The second kappa shape index (κ2) is 13.2. The number of hydrogen-bond acceptors (Lipinski definition) is 6. The van der Waals surface area contributed by atoms with Crippen LogP contribution in [0.3, 0.4) is 0 Å². The Labute approximate surface area is 246 Å². The van der Waals surface area contributed by atoms with Gasteiger partial charge in [0.15, 0.2) is 5.16 Å². The number of amides is 1. The lowest BCUT2D eigenvalue weighted by atomic mass is 10.1. The Morgan fingerprint density at radius 3 is 2.33 bits per heavy atom. The highest BCUT2D eigenvalue weighted by molar-refractivity contribution is 7.98. The van der Waals surface area contributed by atoms with E-state index in [0.29, 0.717) is 17.9 Å². The van der Waals surface area contributed by atoms with E-state index < -0.39 is 0 Å². The number of hydrogen-bond donors (Lipinski definition) is 0. The van der Waals surface area contributed by atoms with Crippen molar-refractivity contribution in [2.75, 3.05) is 43.0 Å². The maximum atomic E-state index is 13.1. The molecule has 0 N–H and O–H groups in total. The van der Waals surface area contributed by atoms with Gasteiger partial charge in [0.1, 0.15) is 5.82 Å². The molecule has 5 rings (SSSR count). The van der Waals surface area contributed by atoms with Gasteiger partial charge in [-0.1, -0.05) is 84.9 Å². The average Bonchev–Trinajstić information content (AvgIpc) is 3.00. The summed E-state index contributed by atoms with van der Waals surface area (Å²) < 4.78 is 0. The highest BCUT2D eigenvalue weighted by Gasteiger charge is 2.21. The van der Waals surface area contributed by atoms with Crippen LogP contribution in [0.5, 0.6) is 0 Å². The first-order chi connectivity index (χ1) is 19.5. The number of nitrogens with zero attached hydrogens (tertiary/aromatic N) is 5. The molecule has 0 saturated carbocycles. The van der Waals surface area contributed by atoms with Crippen LogP contribution in [0, 0.1) is 0 Å². The monoisotopic (exact) mass is 571 g/mol. The Kier molecular flexibility index (Phi) is 9.24. The van der Waals surface area contributed by atoms with Gasteiger partial charge in [-0.05, 0) is 41.8 Å². The molecule has 1 aliphatic heterocycles. The van der Waals surface area contributed by atoms with E-state index in [4.69, 9.17) is 21.6 Å².